The zero-order valence-electron chi connectivity index (χ0n) is 17.4. The Morgan fingerprint density at radius 2 is 1.80 bits per heavy atom. The topological polar surface area (TPSA) is 62.6 Å². The average Bonchev–Trinajstić information content (AvgIpc) is 3.43. The number of carbonyl (C=O) groups excluding carboxylic acids is 1. The van der Waals surface area contributed by atoms with Crippen LogP contribution in [0.3, 0.4) is 0 Å². The summed E-state index contributed by atoms with van der Waals surface area (Å²) in [7, 11) is -3.51. The van der Waals surface area contributed by atoms with Crippen molar-refractivity contribution in [2.45, 2.75) is 49.8 Å². The van der Waals surface area contributed by atoms with Crippen LogP contribution in [0.5, 0.6) is 0 Å². The van der Waals surface area contributed by atoms with E-state index in [0.29, 0.717) is 43.1 Å². The molecule has 0 spiro atoms. The third-order valence-corrected chi connectivity index (χ3v) is 9.91. The number of hydrogen-bond acceptors (Lipinski definition) is 5. The Morgan fingerprint density at radius 3 is 2.40 bits per heavy atom. The Balaban J connectivity index is 1.39. The molecule has 2 aromatic rings. The van der Waals surface area contributed by atoms with Gasteiger partial charge < -0.3 is 4.57 Å². The number of aryl methyl sites for hydroxylation is 1. The van der Waals surface area contributed by atoms with E-state index in [1.165, 1.54) is 30.0 Å². The third kappa shape index (κ3) is 4.25. The number of hydrogen-bond donors (Lipinski definition) is 0. The lowest BCUT2D eigenvalue weighted by Crippen LogP contribution is -2.49. The van der Waals surface area contributed by atoms with Crippen LogP contribution in [-0.4, -0.2) is 60.7 Å². The molecule has 2 aromatic heterocycles. The molecule has 9 heteroatoms. The molecule has 2 aliphatic rings. The van der Waals surface area contributed by atoms with E-state index in [9.17, 15) is 13.2 Å². The van der Waals surface area contributed by atoms with Crippen molar-refractivity contribution >= 4 is 38.7 Å². The first-order valence-electron chi connectivity index (χ1n) is 10.5. The number of aromatic nitrogens is 1. The SMILES string of the molecule is Cc1cc(C(=O)CN2CCN(S(=O)(=O)c3ccc(Cl)s3)CC2)c(C)n1C1CCCC1. The quantitative estimate of drug-likeness (QED) is 0.597. The molecule has 4 rings (SSSR count). The molecule has 0 aromatic carbocycles. The van der Waals surface area contributed by atoms with Crippen molar-refractivity contribution in [2.24, 2.45) is 0 Å². The molecule has 1 aliphatic heterocycles. The first kappa shape index (κ1) is 22.0. The van der Waals surface area contributed by atoms with Crippen LogP contribution in [0, 0.1) is 13.8 Å². The lowest BCUT2D eigenvalue weighted by atomic mass is 10.1. The largest absolute Gasteiger partial charge is 0.345 e. The highest BCUT2D eigenvalue weighted by atomic mass is 35.5. The lowest BCUT2D eigenvalue weighted by Gasteiger charge is -2.33. The molecule has 2 fully saturated rings. The second kappa shape index (κ2) is 8.74. The number of halogens is 1. The highest BCUT2D eigenvalue weighted by molar-refractivity contribution is 7.91. The van der Waals surface area contributed by atoms with Crippen LogP contribution in [0.2, 0.25) is 4.34 Å². The van der Waals surface area contributed by atoms with Gasteiger partial charge >= 0.3 is 0 Å². The summed E-state index contributed by atoms with van der Waals surface area (Å²) in [4.78, 5) is 15.1. The van der Waals surface area contributed by atoms with Crippen LogP contribution < -0.4 is 0 Å². The van der Waals surface area contributed by atoms with Crippen molar-refractivity contribution in [2.75, 3.05) is 32.7 Å². The first-order valence-corrected chi connectivity index (χ1v) is 13.1. The normalized spacial score (nSPS) is 19.6. The van der Waals surface area contributed by atoms with Crippen molar-refractivity contribution in [3.05, 3.63) is 39.5 Å². The van der Waals surface area contributed by atoms with Gasteiger partial charge in [-0.25, -0.2) is 8.42 Å². The molecular weight excluding hydrogens is 442 g/mol. The van der Waals surface area contributed by atoms with Crippen LogP contribution >= 0.6 is 22.9 Å². The second-order valence-electron chi connectivity index (χ2n) is 8.26. The summed E-state index contributed by atoms with van der Waals surface area (Å²) in [6.45, 7) is 6.32. The van der Waals surface area contributed by atoms with Crippen molar-refractivity contribution in [3.63, 3.8) is 0 Å². The van der Waals surface area contributed by atoms with Gasteiger partial charge in [-0.3, -0.25) is 9.69 Å². The van der Waals surface area contributed by atoms with Crippen molar-refractivity contribution in [3.8, 4) is 0 Å². The van der Waals surface area contributed by atoms with Gasteiger partial charge in [0.2, 0.25) is 0 Å². The van der Waals surface area contributed by atoms with E-state index in [4.69, 9.17) is 11.6 Å². The molecule has 1 saturated heterocycles. The van der Waals surface area contributed by atoms with Gasteiger partial charge in [-0.1, -0.05) is 24.4 Å². The number of ketones is 1. The first-order chi connectivity index (χ1) is 14.3. The molecular formula is C21H28ClN3O3S2. The fourth-order valence-corrected chi connectivity index (χ4v) is 7.82. The van der Waals surface area contributed by atoms with Gasteiger partial charge in [-0.05, 0) is 44.9 Å². The smallest absolute Gasteiger partial charge is 0.252 e. The minimum Gasteiger partial charge on any atom is -0.345 e. The monoisotopic (exact) mass is 469 g/mol. The number of carbonyl (C=O) groups is 1. The zero-order valence-corrected chi connectivity index (χ0v) is 19.8. The number of Topliss-reactive ketones (excluding diaryl/α,β-unsaturated/α-hetero) is 1. The maximum atomic E-state index is 13.0. The maximum absolute atomic E-state index is 13.0. The summed E-state index contributed by atoms with van der Waals surface area (Å²) in [5.41, 5.74) is 3.04. The van der Waals surface area contributed by atoms with E-state index in [1.807, 2.05) is 6.07 Å². The molecule has 0 atom stereocenters. The summed E-state index contributed by atoms with van der Waals surface area (Å²) >= 11 is 6.98. The Kier molecular flexibility index (Phi) is 6.42. The second-order valence-corrected chi connectivity index (χ2v) is 12.1. The third-order valence-electron chi connectivity index (χ3n) is 6.32. The highest BCUT2D eigenvalue weighted by Crippen LogP contribution is 2.33. The molecule has 0 radical (unpaired) electrons. The van der Waals surface area contributed by atoms with Gasteiger partial charge in [0, 0.05) is 49.2 Å². The fraction of sp³-hybridized carbons (Fsp3) is 0.571. The summed E-state index contributed by atoms with van der Waals surface area (Å²) in [6, 6.07) is 5.71. The van der Waals surface area contributed by atoms with Crippen LogP contribution in [0.4, 0.5) is 0 Å². The molecule has 0 bridgehead atoms. The van der Waals surface area contributed by atoms with Crippen molar-refractivity contribution in [1.82, 2.24) is 13.8 Å². The summed E-state index contributed by atoms with van der Waals surface area (Å²) in [6.07, 6.45) is 4.90. The minimum atomic E-state index is -3.51. The predicted molar refractivity (Wildman–Crippen MR) is 120 cm³/mol. The summed E-state index contributed by atoms with van der Waals surface area (Å²) in [5, 5.41) is 0. The average molecular weight is 470 g/mol. The standard InChI is InChI=1S/C21H28ClN3O3S2/c1-15-13-18(16(2)25(15)17-5-3-4-6-17)19(26)14-23-9-11-24(12-10-23)30(27,28)21-8-7-20(22)29-21/h7-8,13,17H,3-6,9-12,14H2,1-2H3. The van der Waals surface area contributed by atoms with E-state index in [1.54, 1.807) is 12.1 Å². The number of thiophene rings is 1. The van der Waals surface area contributed by atoms with E-state index in [0.717, 1.165) is 28.3 Å². The fourth-order valence-electron chi connectivity index (χ4n) is 4.76. The Bertz CT molecular complexity index is 1030. The van der Waals surface area contributed by atoms with Crippen molar-refractivity contribution in [1.29, 1.82) is 0 Å². The van der Waals surface area contributed by atoms with Gasteiger partial charge in [-0.15, -0.1) is 11.3 Å². The molecule has 0 amide bonds. The van der Waals surface area contributed by atoms with Gasteiger partial charge in [-0.2, -0.15) is 4.31 Å². The number of rotatable bonds is 6. The summed E-state index contributed by atoms with van der Waals surface area (Å²) in [5.74, 6) is 0.119. The number of piperazine rings is 1. The highest BCUT2D eigenvalue weighted by Gasteiger charge is 2.31. The zero-order chi connectivity index (χ0) is 21.5. The molecule has 3 heterocycles. The molecule has 1 saturated carbocycles. The van der Waals surface area contributed by atoms with E-state index in [-0.39, 0.29) is 9.99 Å². The van der Waals surface area contributed by atoms with Crippen LogP contribution in [-0.2, 0) is 10.0 Å². The molecule has 30 heavy (non-hydrogen) atoms. The predicted octanol–water partition coefficient (Wildman–Crippen LogP) is 4.12. The van der Waals surface area contributed by atoms with Crippen LogP contribution in [0.25, 0.3) is 0 Å². The van der Waals surface area contributed by atoms with Crippen LogP contribution in [0.15, 0.2) is 22.4 Å². The minimum absolute atomic E-state index is 0.119. The van der Waals surface area contributed by atoms with E-state index < -0.39 is 10.0 Å². The van der Waals surface area contributed by atoms with Gasteiger partial charge in [0.05, 0.1) is 10.9 Å². The van der Waals surface area contributed by atoms with Gasteiger partial charge in [0.25, 0.3) is 10.0 Å². The Labute approximate surface area is 187 Å². The number of sulfonamides is 1. The Morgan fingerprint density at radius 1 is 1.13 bits per heavy atom. The van der Waals surface area contributed by atoms with Crippen LogP contribution in [0.1, 0.15) is 53.5 Å². The van der Waals surface area contributed by atoms with Crippen molar-refractivity contribution < 1.29 is 13.2 Å². The van der Waals surface area contributed by atoms with E-state index in [2.05, 4.69) is 23.3 Å². The molecule has 6 nitrogen and oxygen atoms in total. The summed E-state index contributed by atoms with van der Waals surface area (Å²) < 4.78 is 30.1. The molecule has 164 valence electrons. The van der Waals surface area contributed by atoms with Gasteiger partial charge in [0.15, 0.2) is 5.78 Å². The Hall–Kier alpha value is -1.19. The van der Waals surface area contributed by atoms with Gasteiger partial charge in [0.1, 0.15) is 4.21 Å². The maximum Gasteiger partial charge on any atom is 0.252 e. The molecule has 0 unspecified atom stereocenters. The number of nitrogens with zero attached hydrogens (tertiary/aromatic N) is 3. The molecule has 0 N–H and O–H groups in total. The lowest BCUT2D eigenvalue weighted by molar-refractivity contribution is 0.0901. The van der Waals surface area contributed by atoms with E-state index >= 15 is 0 Å². The molecule has 1 aliphatic carbocycles.